The van der Waals surface area contributed by atoms with Crippen LogP contribution in [0.3, 0.4) is 0 Å². The summed E-state index contributed by atoms with van der Waals surface area (Å²) in [5, 5.41) is 0.139. The number of thioether (sulfide) groups is 1. The Morgan fingerprint density at radius 2 is 1.90 bits per heavy atom. The maximum absolute atomic E-state index is 13.6. The van der Waals surface area contributed by atoms with Crippen LogP contribution in [0.5, 0.6) is 5.75 Å². The molecule has 1 amide bonds. The van der Waals surface area contributed by atoms with Crippen LogP contribution < -0.4 is 9.64 Å². The number of esters is 1. The van der Waals surface area contributed by atoms with Gasteiger partial charge in [-0.25, -0.2) is 0 Å². The molecule has 2 aromatic rings. The van der Waals surface area contributed by atoms with Crippen LogP contribution in [0.4, 0.5) is 5.69 Å². The van der Waals surface area contributed by atoms with Gasteiger partial charge >= 0.3 is 5.97 Å². The molecule has 2 atom stereocenters. The van der Waals surface area contributed by atoms with Crippen molar-refractivity contribution in [2.45, 2.75) is 23.2 Å². The predicted octanol–water partition coefficient (Wildman–Crippen LogP) is 4.02. The molecule has 0 radical (unpaired) electrons. The molecule has 0 bridgehead atoms. The summed E-state index contributed by atoms with van der Waals surface area (Å²) >= 11 is 7.75. The molecule has 0 spiro atoms. The summed E-state index contributed by atoms with van der Waals surface area (Å²) in [7, 11) is 5.49. The molecule has 0 N–H and O–H groups in total. The molecule has 0 aliphatic carbocycles. The average molecular weight is 449 g/mol. The largest absolute Gasteiger partial charge is 0.497 e. The summed E-state index contributed by atoms with van der Waals surface area (Å²) in [5.41, 5.74) is 1.60. The van der Waals surface area contributed by atoms with E-state index in [-0.39, 0.29) is 5.91 Å². The van der Waals surface area contributed by atoms with E-state index in [0.29, 0.717) is 23.9 Å². The van der Waals surface area contributed by atoms with Crippen LogP contribution >= 0.6 is 23.4 Å². The molecule has 1 aliphatic heterocycles. The van der Waals surface area contributed by atoms with Gasteiger partial charge in [-0.3, -0.25) is 9.59 Å². The van der Waals surface area contributed by atoms with E-state index in [0.717, 1.165) is 16.1 Å². The first-order valence-corrected chi connectivity index (χ1v) is 10.8. The fraction of sp³-hybridized carbons (Fsp3) is 0.364. The van der Waals surface area contributed by atoms with Crippen molar-refractivity contribution in [1.82, 2.24) is 4.90 Å². The van der Waals surface area contributed by atoms with Crippen molar-refractivity contribution in [3.63, 3.8) is 0 Å². The monoisotopic (exact) mass is 448 g/mol. The lowest BCUT2D eigenvalue weighted by Gasteiger charge is -2.28. The van der Waals surface area contributed by atoms with E-state index >= 15 is 0 Å². The lowest BCUT2D eigenvalue weighted by Crippen LogP contribution is -2.45. The Morgan fingerprint density at radius 3 is 2.50 bits per heavy atom. The Hall–Kier alpha value is -2.22. The van der Waals surface area contributed by atoms with Gasteiger partial charge in [0.25, 0.3) is 5.91 Å². The van der Waals surface area contributed by atoms with Gasteiger partial charge in [-0.1, -0.05) is 23.7 Å². The number of amides is 1. The second-order valence-corrected chi connectivity index (χ2v) is 8.87. The molecule has 0 fully saturated rings. The van der Waals surface area contributed by atoms with Gasteiger partial charge in [0.15, 0.2) is 6.10 Å². The molecule has 30 heavy (non-hydrogen) atoms. The van der Waals surface area contributed by atoms with Crippen molar-refractivity contribution in [2.24, 2.45) is 0 Å². The van der Waals surface area contributed by atoms with Gasteiger partial charge in [-0.2, -0.15) is 0 Å². The van der Waals surface area contributed by atoms with Crippen LogP contribution in [0.25, 0.3) is 0 Å². The van der Waals surface area contributed by atoms with Gasteiger partial charge in [0.1, 0.15) is 5.75 Å². The first-order valence-electron chi connectivity index (χ1n) is 9.53. The molecule has 0 saturated carbocycles. The minimum Gasteiger partial charge on any atom is -0.497 e. The number of fused-ring (bicyclic) bond motifs is 1. The van der Waals surface area contributed by atoms with Gasteiger partial charge in [0.2, 0.25) is 0 Å². The number of rotatable bonds is 6. The van der Waals surface area contributed by atoms with Crippen molar-refractivity contribution < 1.29 is 19.1 Å². The average Bonchev–Trinajstić information content (AvgIpc) is 2.81. The van der Waals surface area contributed by atoms with E-state index < -0.39 is 17.3 Å². The van der Waals surface area contributed by atoms with Crippen molar-refractivity contribution in [1.29, 1.82) is 0 Å². The minimum absolute atomic E-state index is 0.263. The molecule has 2 aromatic carbocycles. The molecular weight excluding hydrogens is 424 g/mol. The van der Waals surface area contributed by atoms with Crippen LogP contribution in [0, 0.1) is 0 Å². The molecule has 0 unspecified atom stereocenters. The molecule has 1 aliphatic rings. The van der Waals surface area contributed by atoms with Gasteiger partial charge in [0.05, 0.1) is 18.0 Å². The second-order valence-electron chi connectivity index (χ2n) is 7.25. The Bertz CT molecular complexity index is 920. The van der Waals surface area contributed by atoms with E-state index in [1.807, 2.05) is 49.3 Å². The number of hydrogen-bond donors (Lipinski definition) is 0. The van der Waals surface area contributed by atoms with E-state index in [4.69, 9.17) is 21.1 Å². The number of carbonyl (C=O) groups excluding carboxylic acids is 2. The standard InChI is InChI=1S/C22H25ClN2O4S/c1-14(26)29-20-21(15-5-8-17(28-4)9-6-15)30-19-10-7-16(23)13-18(19)25(22(20)27)12-11-24(2)3/h5-10,13,20-21H,11-12H2,1-4H3/t20-,21+/m0/s1. The van der Waals surface area contributed by atoms with Crippen molar-refractivity contribution in [3.05, 3.63) is 53.1 Å². The number of carbonyl (C=O) groups is 2. The Morgan fingerprint density at radius 1 is 1.20 bits per heavy atom. The molecule has 3 rings (SSSR count). The van der Waals surface area contributed by atoms with E-state index in [1.54, 1.807) is 24.1 Å². The molecule has 0 aromatic heterocycles. The minimum atomic E-state index is -0.964. The lowest BCUT2D eigenvalue weighted by atomic mass is 10.1. The highest BCUT2D eigenvalue weighted by Crippen LogP contribution is 2.47. The van der Waals surface area contributed by atoms with Crippen LogP contribution in [-0.4, -0.2) is 57.2 Å². The highest BCUT2D eigenvalue weighted by molar-refractivity contribution is 7.99. The van der Waals surface area contributed by atoms with Crippen molar-refractivity contribution in [2.75, 3.05) is 39.2 Å². The maximum Gasteiger partial charge on any atom is 0.303 e. The van der Waals surface area contributed by atoms with Crippen LogP contribution in [-0.2, 0) is 14.3 Å². The van der Waals surface area contributed by atoms with Gasteiger partial charge in [-0.15, -0.1) is 11.8 Å². The number of hydrogen-bond acceptors (Lipinski definition) is 6. The van der Waals surface area contributed by atoms with Crippen molar-refractivity contribution >= 4 is 40.9 Å². The van der Waals surface area contributed by atoms with Gasteiger partial charge in [-0.05, 0) is 50.0 Å². The van der Waals surface area contributed by atoms with E-state index in [2.05, 4.69) is 0 Å². The zero-order chi connectivity index (χ0) is 21.8. The molecule has 1 heterocycles. The fourth-order valence-corrected chi connectivity index (χ4v) is 4.72. The summed E-state index contributed by atoms with van der Waals surface area (Å²) < 4.78 is 10.8. The number of benzene rings is 2. The Labute approximate surface area is 186 Å². The summed E-state index contributed by atoms with van der Waals surface area (Å²) in [5.74, 6) is -0.0436. The Kier molecular flexibility index (Phi) is 7.28. The highest BCUT2D eigenvalue weighted by atomic mass is 35.5. The number of likely N-dealkylation sites (N-methyl/N-ethyl adjacent to an activating group) is 1. The van der Waals surface area contributed by atoms with Crippen molar-refractivity contribution in [3.8, 4) is 5.75 Å². The zero-order valence-electron chi connectivity index (χ0n) is 17.4. The SMILES string of the molecule is COc1ccc([C@H]2Sc3ccc(Cl)cc3N(CCN(C)C)C(=O)[C@H]2OC(C)=O)cc1. The number of ether oxygens (including phenoxy) is 2. The summed E-state index contributed by atoms with van der Waals surface area (Å²) in [6.45, 7) is 2.43. The third-order valence-electron chi connectivity index (χ3n) is 4.76. The second kappa shape index (κ2) is 9.73. The fourth-order valence-electron chi connectivity index (χ4n) is 3.26. The van der Waals surface area contributed by atoms with Gasteiger partial charge in [0, 0.05) is 29.9 Å². The molecular formula is C22H25ClN2O4S. The number of methoxy groups -OCH3 is 1. The third kappa shape index (κ3) is 5.09. The number of nitrogens with zero attached hydrogens (tertiary/aromatic N) is 2. The van der Waals surface area contributed by atoms with Crippen LogP contribution in [0.1, 0.15) is 17.7 Å². The molecule has 0 saturated heterocycles. The number of halogens is 1. The smallest absolute Gasteiger partial charge is 0.303 e. The third-order valence-corrected chi connectivity index (χ3v) is 6.37. The van der Waals surface area contributed by atoms with Crippen LogP contribution in [0.15, 0.2) is 47.4 Å². The maximum atomic E-state index is 13.6. The zero-order valence-corrected chi connectivity index (χ0v) is 19.0. The summed E-state index contributed by atoms with van der Waals surface area (Å²) in [4.78, 5) is 30.1. The van der Waals surface area contributed by atoms with Gasteiger partial charge < -0.3 is 19.3 Å². The van der Waals surface area contributed by atoms with E-state index in [1.165, 1.54) is 18.7 Å². The van der Waals surface area contributed by atoms with E-state index in [9.17, 15) is 9.59 Å². The lowest BCUT2D eigenvalue weighted by molar-refractivity contribution is -0.152. The first-order chi connectivity index (χ1) is 14.3. The number of anilines is 1. The summed E-state index contributed by atoms with van der Waals surface area (Å²) in [6.07, 6.45) is -0.964. The quantitative estimate of drug-likeness (QED) is 0.622. The predicted molar refractivity (Wildman–Crippen MR) is 120 cm³/mol. The highest BCUT2D eigenvalue weighted by Gasteiger charge is 2.40. The Balaban J connectivity index is 2.09. The summed E-state index contributed by atoms with van der Waals surface area (Å²) in [6, 6.07) is 13.0. The normalized spacial score (nSPS) is 18.7. The topological polar surface area (TPSA) is 59.1 Å². The first kappa shape index (κ1) is 22.5. The molecule has 6 nitrogen and oxygen atoms in total. The molecule has 160 valence electrons. The molecule has 8 heteroatoms. The van der Waals surface area contributed by atoms with Crippen LogP contribution in [0.2, 0.25) is 5.02 Å².